The summed E-state index contributed by atoms with van der Waals surface area (Å²) < 4.78 is 0. The number of likely N-dealkylation sites (tertiary alicyclic amines) is 1. The first-order valence-electron chi connectivity index (χ1n) is 9.86. The number of nitrogens with one attached hydrogen (secondary N) is 1. The highest BCUT2D eigenvalue weighted by Gasteiger charge is 2.25. The Bertz CT molecular complexity index is 630. The fraction of sp³-hybridized carbons (Fsp3) is 0.435. The third-order valence-corrected chi connectivity index (χ3v) is 5.43. The summed E-state index contributed by atoms with van der Waals surface area (Å²) in [4.78, 5) is 15.1. The van der Waals surface area contributed by atoms with E-state index >= 15 is 0 Å². The van der Waals surface area contributed by atoms with Gasteiger partial charge in [0.25, 0.3) is 0 Å². The lowest BCUT2D eigenvalue weighted by molar-refractivity contribution is -0.132. The Balaban J connectivity index is 0.00000261. The van der Waals surface area contributed by atoms with E-state index < -0.39 is 0 Å². The molecule has 1 N–H and O–H groups in total. The number of nitrogens with zero attached hydrogens (tertiary/aromatic N) is 1. The van der Waals surface area contributed by atoms with E-state index in [-0.39, 0.29) is 24.2 Å². The topological polar surface area (TPSA) is 32.3 Å². The molecular formula is C23H31ClN2O. The van der Waals surface area contributed by atoms with Crippen LogP contribution in [0, 0.1) is 5.92 Å². The van der Waals surface area contributed by atoms with Crippen molar-refractivity contribution in [2.24, 2.45) is 5.92 Å². The molecule has 1 aliphatic rings. The van der Waals surface area contributed by atoms with Crippen molar-refractivity contribution in [3.05, 3.63) is 71.8 Å². The molecule has 4 heteroatoms. The van der Waals surface area contributed by atoms with Gasteiger partial charge in [-0.1, -0.05) is 67.6 Å². The Hall–Kier alpha value is -1.84. The zero-order valence-electron chi connectivity index (χ0n) is 16.1. The van der Waals surface area contributed by atoms with Gasteiger partial charge in [-0.2, -0.15) is 0 Å². The molecule has 27 heavy (non-hydrogen) atoms. The van der Waals surface area contributed by atoms with Crippen LogP contribution in [0.3, 0.4) is 0 Å². The lowest BCUT2D eigenvalue weighted by atomic mass is 9.87. The first kappa shape index (κ1) is 21.5. The van der Waals surface area contributed by atoms with Crippen LogP contribution in [0.1, 0.15) is 43.2 Å². The number of halogens is 1. The molecule has 0 bridgehead atoms. The fourth-order valence-electron chi connectivity index (χ4n) is 3.84. The van der Waals surface area contributed by atoms with E-state index in [0.717, 1.165) is 39.0 Å². The Morgan fingerprint density at radius 1 is 1.00 bits per heavy atom. The van der Waals surface area contributed by atoms with Crippen LogP contribution in [-0.2, 0) is 4.79 Å². The van der Waals surface area contributed by atoms with Crippen LogP contribution >= 0.6 is 12.4 Å². The van der Waals surface area contributed by atoms with Gasteiger partial charge in [0.05, 0.1) is 0 Å². The molecule has 0 spiro atoms. The van der Waals surface area contributed by atoms with Crippen LogP contribution in [0.15, 0.2) is 60.7 Å². The van der Waals surface area contributed by atoms with Crippen molar-refractivity contribution in [3.8, 4) is 0 Å². The van der Waals surface area contributed by atoms with Crippen molar-refractivity contribution in [1.29, 1.82) is 0 Å². The number of amides is 1. The first-order valence-corrected chi connectivity index (χ1v) is 9.86. The Kier molecular flexibility index (Phi) is 8.83. The van der Waals surface area contributed by atoms with Gasteiger partial charge in [-0.25, -0.2) is 0 Å². The molecule has 1 saturated heterocycles. The quantitative estimate of drug-likeness (QED) is 0.760. The molecule has 3 rings (SSSR count). The van der Waals surface area contributed by atoms with Gasteiger partial charge in [-0.05, 0) is 43.0 Å². The molecule has 1 fully saturated rings. The van der Waals surface area contributed by atoms with Crippen molar-refractivity contribution in [2.45, 2.75) is 32.1 Å². The number of benzene rings is 2. The minimum atomic E-state index is 0. The smallest absolute Gasteiger partial charge is 0.223 e. The molecule has 0 radical (unpaired) electrons. The van der Waals surface area contributed by atoms with Gasteiger partial charge in [-0.15, -0.1) is 12.4 Å². The van der Waals surface area contributed by atoms with Crippen molar-refractivity contribution in [3.63, 3.8) is 0 Å². The zero-order valence-corrected chi connectivity index (χ0v) is 17.0. The Morgan fingerprint density at radius 2 is 1.52 bits per heavy atom. The highest BCUT2D eigenvalue weighted by Crippen LogP contribution is 2.29. The molecule has 0 atom stereocenters. The summed E-state index contributed by atoms with van der Waals surface area (Å²) in [5, 5.41) is 3.43. The predicted octanol–water partition coefficient (Wildman–Crippen LogP) is 4.48. The van der Waals surface area contributed by atoms with Crippen molar-refractivity contribution < 1.29 is 4.79 Å². The largest absolute Gasteiger partial charge is 0.343 e. The number of hydrogen-bond donors (Lipinski definition) is 1. The molecule has 2 aromatic carbocycles. The third kappa shape index (κ3) is 6.08. The average Bonchev–Trinajstić information content (AvgIpc) is 2.72. The minimum Gasteiger partial charge on any atom is -0.343 e. The van der Waals surface area contributed by atoms with Crippen LogP contribution in [0.4, 0.5) is 0 Å². The van der Waals surface area contributed by atoms with Gasteiger partial charge in [-0.3, -0.25) is 4.79 Å². The van der Waals surface area contributed by atoms with Crippen molar-refractivity contribution in [1.82, 2.24) is 10.2 Å². The average molecular weight is 387 g/mol. The second-order valence-corrected chi connectivity index (χ2v) is 7.21. The van der Waals surface area contributed by atoms with Crippen LogP contribution in [0.5, 0.6) is 0 Å². The van der Waals surface area contributed by atoms with Gasteiger partial charge in [0.15, 0.2) is 0 Å². The first-order chi connectivity index (χ1) is 12.8. The SMILES string of the molecule is CCNCC1CCN(C(=O)CC(c2ccccc2)c2ccccc2)CC1.Cl. The third-order valence-electron chi connectivity index (χ3n) is 5.43. The number of carbonyl (C=O) groups excluding carboxylic acids is 1. The minimum absolute atomic E-state index is 0. The van der Waals surface area contributed by atoms with E-state index in [0.29, 0.717) is 12.3 Å². The molecule has 2 aromatic rings. The van der Waals surface area contributed by atoms with Crippen LogP contribution in [0.25, 0.3) is 0 Å². The summed E-state index contributed by atoms with van der Waals surface area (Å²) in [6, 6.07) is 20.8. The molecule has 0 aromatic heterocycles. The van der Waals surface area contributed by atoms with Crippen LogP contribution in [0.2, 0.25) is 0 Å². The molecule has 146 valence electrons. The van der Waals surface area contributed by atoms with Gasteiger partial charge in [0.1, 0.15) is 0 Å². The van der Waals surface area contributed by atoms with Gasteiger partial charge in [0, 0.05) is 25.4 Å². The molecule has 0 unspecified atom stereocenters. The maximum atomic E-state index is 13.0. The lowest BCUT2D eigenvalue weighted by Crippen LogP contribution is -2.41. The summed E-state index contributed by atoms with van der Waals surface area (Å²) in [5.74, 6) is 1.12. The second kappa shape index (κ2) is 11.1. The summed E-state index contributed by atoms with van der Waals surface area (Å²) in [7, 11) is 0. The number of rotatable bonds is 7. The molecule has 1 heterocycles. The molecular weight excluding hydrogens is 356 g/mol. The molecule has 3 nitrogen and oxygen atoms in total. The van der Waals surface area contributed by atoms with E-state index in [4.69, 9.17) is 0 Å². The lowest BCUT2D eigenvalue weighted by Gasteiger charge is -2.33. The van der Waals surface area contributed by atoms with Crippen molar-refractivity contribution in [2.75, 3.05) is 26.2 Å². The highest BCUT2D eigenvalue weighted by molar-refractivity contribution is 5.85. The standard InChI is InChI=1S/C23H30N2O.ClH/c1-2-24-18-19-13-15-25(16-14-19)23(26)17-22(20-9-5-3-6-10-20)21-11-7-4-8-12-21;/h3-12,19,22,24H,2,13-18H2,1H3;1H. The monoisotopic (exact) mass is 386 g/mol. The van der Waals surface area contributed by atoms with E-state index in [9.17, 15) is 4.79 Å². The zero-order chi connectivity index (χ0) is 18.2. The van der Waals surface area contributed by atoms with E-state index in [1.54, 1.807) is 0 Å². The number of carbonyl (C=O) groups is 1. The van der Waals surface area contributed by atoms with Gasteiger partial charge >= 0.3 is 0 Å². The number of hydrogen-bond acceptors (Lipinski definition) is 2. The summed E-state index contributed by atoms with van der Waals surface area (Å²) in [6.07, 6.45) is 2.77. The molecule has 0 saturated carbocycles. The summed E-state index contributed by atoms with van der Waals surface area (Å²) >= 11 is 0. The van der Waals surface area contributed by atoms with Crippen molar-refractivity contribution >= 4 is 18.3 Å². The molecule has 0 aliphatic carbocycles. The summed E-state index contributed by atoms with van der Waals surface area (Å²) in [5.41, 5.74) is 2.43. The Labute approximate surface area is 169 Å². The highest BCUT2D eigenvalue weighted by atomic mass is 35.5. The summed E-state index contributed by atoms with van der Waals surface area (Å²) in [6.45, 7) is 6.03. The fourth-order valence-corrected chi connectivity index (χ4v) is 3.84. The van der Waals surface area contributed by atoms with Gasteiger partial charge in [0.2, 0.25) is 5.91 Å². The van der Waals surface area contributed by atoms with E-state index in [2.05, 4.69) is 65.7 Å². The molecule has 1 amide bonds. The maximum Gasteiger partial charge on any atom is 0.223 e. The second-order valence-electron chi connectivity index (χ2n) is 7.21. The van der Waals surface area contributed by atoms with Crippen LogP contribution in [-0.4, -0.2) is 37.0 Å². The number of piperidine rings is 1. The van der Waals surface area contributed by atoms with Gasteiger partial charge < -0.3 is 10.2 Å². The van der Waals surface area contributed by atoms with E-state index in [1.807, 2.05) is 12.1 Å². The van der Waals surface area contributed by atoms with E-state index in [1.165, 1.54) is 11.1 Å². The maximum absolute atomic E-state index is 13.0. The normalized spacial score (nSPS) is 14.8. The molecule has 1 aliphatic heterocycles. The predicted molar refractivity (Wildman–Crippen MR) is 114 cm³/mol. The Morgan fingerprint density at radius 3 is 2.00 bits per heavy atom. The van der Waals surface area contributed by atoms with Crippen LogP contribution < -0.4 is 5.32 Å².